The van der Waals surface area contributed by atoms with Crippen LogP contribution in [0, 0.1) is 5.92 Å². The summed E-state index contributed by atoms with van der Waals surface area (Å²) < 4.78 is 20.4. The van der Waals surface area contributed by atoms with Gasteiger partial charge in [0.15, 0.2) is 6.17 Å². The molecule has 3 aliphatic rings. The Morgan fingerprint density at radius 2 is 1.77 bits per heavy atom. The van der Waals surface area contributed by atoms with Gasteiger partial charge >= 0.3 is 0 Å². The molecule has 214 valence electrons. The Bertz CT molecular complexity index is 1080. The maximum absolute atomic E-state index is 14.7. The Balaban J connectivity index is 1.56. The van der Waals surface area contributed by atoms with E-state index in [1.807, 2.05) is 24.3 Å². The molecule has 4 rings (SSSR count). The lowest BCUT2D eigenvalue weighted by atomic mass is 10.00. The van der Waals surface area contributed by atoms with Gasteiger partial charge in [0.05, 0.1) is 25.2 Å². The summed E-state index contributed by atoms with van der Waals surface area (Å²) in [6, 6.07) is 4.65. The lowest BCUT2D eigenvalue weighted by Crippen LogP contribution is -2.63. The third-order valence-corrected chi connectivity index (χ3v) is 8.04. The number of nitrogens with one attached hydrogen (secondary N) is 3. The Morgan fingerprint density at radius 1 is 1.03 bits per heavy atom. The first-order valence-corrected chi connectivity index (χ1v) is 13.9. The molecule has 0 aromatic heterocycles. The standard InChI is InChI=1S/C28H40FN5O5/c1-16(2)24(29)28(38)33-13-11-18-9-10-22(34(18)27(37)21(15-33)32-25(35)17(3)30-4)26(36)31-20-12-14-39-23-8-6-5-7-19(20)23/h5-8,16-18,20-22,24,30H,9-15H2,1-4H3,(H,31,36)(H,32,35)/t17-,18+,20+,21-,22-,24+/m0/s1. The summed E-state index contributed by atoms with van der Waals surface area (Å²) >= 11 is 0. The normalized spacial score (nSPS) is 26.5. The molecule has 3 N–H and O–H groups in total. The maximum atomic E-state index is 14.7. The minimum Gasteiger partial charge on any atom is -0.493 e. The Morgan fingerprint density at radius 3 is 2.49 bits per heavy atom. The highest BCUT2D eigenvalue weighted by molar-refractivity contribution is 5.94. The molecule has 0 saturated carbocycles. The number of halogens is 1. The van der Waals surface area contributed by atoms with E-state index in [4.69, 9.17) is 4.74 Å². The molecule has 3 heterocycles. The molecule has 1 aromatic carbocycles. The van der Waals surface area contributed by atoms with Gasteiger partial charge in [-0.2, -0.15) is 0 Å². The van der Waals surface area contributed by atoms with E-state index in [1.165, 1.54) is 4.90 Å². The molecular weight excluding hydrogens is 505 g/mol. The Labute approximate surface area is 229 Å². The second-order valence-electron chi connectivity index (χ2n) is 11.0. The van der Waals surface area contributed by atoms with E-state index < -0.39 is 47.9 Å². The van der Waals surface area contributed by atoms with Gasteiger partial charge in [-0.25, -0.2) is 4.39 Å². The number of nitrogens with zero attached hydrogens (tertiary/aromatic N) is 2. The predicted molar refractivity (Wildman–Crippen MR) is 142 cm³/mol. The van der Waals surface area contributed by atoms with Gasteiger partial charge in [-0.1, -0.05) is 32.0 Å². The lowest BCUT2D eigenvalue weighted by Gasteiger charge is -2.39. The highest BCUT2D eigenvalue weighted by atomic mass is 19.1. The third-order valence-electron chi connectivity index (χ3n) is 8.04. The number of hydrogen-bond acceptors (Lipinski definition) is 6. The second-order valence-corrected chi connectivity index (χ2v) is 11.0. The highest BCUT2D eigenvalue weighted by Gasteiger charge is 2.46. The molecule has 1 aromatic rings. The zero-order valence-corrected chi connectivity index (χ0v) is 23.1. The molecule has 0 unspecified atom stereocenters. The lowest BCUT2D eigenvalue weighted by molar-refractivity contribution is -0.148. The molecule has 10 nitrogen and oxygen atoms in total. The van der Waals surface area contributed by atoms with Crippen LogP contribution in [-0.4, -0.2) is 90.5 Å². The van der Waals surface area contributed by atoms with E-state index in [9.17, 15) is 23.6 Å². The molecule has 4 amide bonds. The van der Waals surface area contributed by atoms with E-state index in [0.29, 0.717) is 32.3 Å². The van der Waals surface area contributed by atoms with Gasteiger partial charge in [0, 0.05) is 24.6 Å². The van der Waals surface area contributed by atoms with Crippen LogP contribution in [0.25, 0.3) is 0 Å². The molecule has 39 heavy (non-hydrogen) atoms. The number of fused-ring (bicyclic) bond motifs is 2. The first kappa shape index (κ1) is 28.8. The van der Waals surface area contributed by atoms with Gasteiger partial charge in [0.25, 0.3) is 5.91 Å². The van der Waals surface area contributed by atoms with Gasteiger partial charge in [-0.3, -0.25) is 19.2 Å². The molecule has 2 fully saturated rings. The number of benzene rings is 1. The van der Waals surface area contributed by atoms with Crippen LogP contribution in [0.3, 0.4) is 0 Å². The monoisotopic (exact) mass is 545 g/mol. The minimum absolute atomic E-state index is 0.155. The van der Waals surface area contributed by atoms with Crippen molar-refractivity contribution in [1.29, 1.82) is 0 Å². The molecule has 0 aliphatic carbocycles. The van der Waals surface area contributed by atoms with Crippen molar-refractivity contribution in [3.05, 3.63) is 29.8 Å². The quantitative estimate of drug-likeness (QED) is 0.475. The van der Waals surface area contributed by atoms with Crippen molar-refractivity contribution >= 4 is 23.6 Å². The zero-order chi connectivity index (χ0) is 28.3. The maximum Gasteiger partial charge on any atom is 0.257 e. The van der Waals surface area contributed by atoms with Gasteiger partial charge < -0.3 is 30.5 Å². The number of amides is 4. The summed E-state index contributed by atoms with van der Waals surface area (Å²) in [6.07, 6.45) is 0.386. The van der Waals surface area contributed by atoms with Gasteiger partial charge in [-0.15, -0.1) is 0 Å². The fourth-order valence-electron chi connectivity index (χ4n) is 5.59. The van der Waals surface area contributed by atoms with Crippen molar-refractivity contribution in [2.75, 3.05) is 26.7 Å². The van der Waals surface area contributed by atoms with Crippen molar-refractivity contribution in [3.8, 4) is 5.75 Å². The fourth-order valence-corrected chi connectivity index (χ4v) is 5.59. The van der Waals surface area contributed by atoms with E-state index in [-0.39, 0.29) is 31.1 Å². The van der Waals surface area contributed by atoms with Crippen LogP contribution in [-0.2, 0) is 19.2 Å². The zero-order valence-electron chi connectivity index (χ0n) is 23.1. The van der Waals surface area contributed by atoms with Crippen molar-refractivity contribution < 1.29 is 28.3 Å². The molecule has 0 bridgehead atoms. The topological polar surface area (TPSA) is 120 Å². The smallest absolute Gasteiger partial charge is 0.257 e. The summed E-state index contributed by atoms with van der Waals surface area (Å²) in [7, 11) is 1.63. The summed E-state index contributed by atoms with van der Waals surface area (Å²) in [6.45, 7) is 5.47. The van der Waals surface area contributed by atoms with Crippen LogP contribution in [0.1, 0.15) is 58.1 Å². The van der Waals surface area contributed by atoms with Gasteiger partial charge in [-0.05, 0) is 45.2 Å². The van der Waals surface area contributed by atoms with Crippen molar-refractivity contribution in [1.82, 2.24) is 25.8 Å². The van der Waals surface area contributed by atoms with E-state index in [1.54, 1.807) is 32.7 Å². The highest BCUT2D eigenvalue weighted by Crippen LogP contribution is 2.34. The molecule has 0 spiro atoms. The number of carbonyl (C=O) groups is 4. The first-order valence-electron chi connectivity index (χ1n) is 13.9. The van der Waals surface area contributed by atoms with Gasteiger partial charge in [0.2, 0.25) is 17.7 Å². The number of hydrogen-bond donors (Lipinski definition) is 3. The van der Waals surface area contributed by atoms with Crippen LogP contribution in [0.2, 0.25) is 0 Å². The largest absolute Gasteiger partial charge is 0.493 e. The Hall–Kier alpha value is -3.21. The van der Waals surface area contributed by atoms with Crippen LogP contribution in [0.15, 0.2) is 24.3 Å². The Kier molecular flexibility index (Phi) is 9.09. The molecule has 2 saturated heterocycles. The second kappa shape index (κ2) is 12.3. The number of ether oxygens (including phenoxy) is 1. The minimum atomic E-state index is -1.70. The summed E-state index contributed by atoms with van der Waals surface area (Å²) in [5.41, 5.74) is 0.900. The van der Waals surface area contributed by atoms with Crippen LogP contribution in [0.4, 0.5) is 4.39 Å². The summed E-state index contributed by atoms with van der Waals surface area (Å²) in [4.78, 5) is 56.2. The van der Waals surface area contributed by atoms with Gasteiger partial charge in [0.1, 0.15) is 17.8 Å². The number of rotatable bonds is 7. The summed E-state index contributed by atoms with van der Waals surface area (Å²) in [5, 5.41) is 8.71. The molecule has 11 heteroatoms. The van der Waals surface area contributed by atoms with Crippen molar-refractivity contribution in [2.24, 2.45) is 5.92 Å². The molecule has 3 aliphatic heterocycles. The van der Waals surface area contributed by atoms with Crippen LogP contribution < -0.4 is 20.7 Å². The SMILES string of the molecule is CN[C@@H](C)C(=O)N[C@H]1CN(C(=O)[C@H](F)C(C)C)CC[C@H]2CC[C@@H](C(=O)N[C@@H]3CCOc4ccccc43)N2C1=O. The first-order chi connectivity index (χ1) is 18.6. The fraction of sp³-hybridized carbons (Fsp3) is 0.643. The van der Waals surface area contributed by atoms with E-state index in [2.05, 4.69) is 16.0 Å². The number of likely N-dealkylation sites (N-methyl/N-ethyl adjacent to an activating group) is 1. The van der Waals surface area contributed by atoms with E-state index >= 15 is 0 Å². The van der Waals surface area contributed by atoms with Crippen LogP contribution >= 0.6 is 0 Å². The summed E-state index contributed by atoms with van der Waals surface area (Å²) in [5.74, 6) is -1.56. The third kappa shape index (κ3) is 6.18. The van der Waals surface area contributed by atoms with Crippen LogP contribution in [0.5, 0.6) is 5.75 Å². The molecule has 0 radical (unpaired) electrons. The van der Waals surface area contributed by atoms with Crippen molar-refractivity contribution in [3.63, 3.8) is 0 Å². The molecular formula is C28H40FN5O5. The number of para-hydroxylation sites is 1. The predicted octanol–water partition coefficient (Wildman–Crippen LogP) is 1.31. The molecule has 6 atom stereocenters. The van der Waals surface area contributed by atoms with E-state index in [0.717, 1.165) is 11.3 Å². The average Bonchev–Trinajstić information content (AvgIpc) is 3.35. The number of carbonyl (C=O) groups excluding carboxylic acids is 4. The average molecular weight is 546 g/mol. The van der Waals surface area contributed by atoms with Crippen molar-refractivity contribution in [2.45, 2.75) is 82.8 Å². The number of alkyl halides is 1.